The van der Waals surface area contributed by atoms with Gasteiger partial charge in [0.25, 0.3) is 0 Å². The summed E-state index contributed by atoms with van der Waals surface area (Å²) in [6, 6.07) is 5.66. The molecule has 1 heterocycles. The Labute approximate surface area is 94.6 Å². The molecule has 0 aliphatic rings. The first-order valence-electron chi connectivity index (χ1n) is 5.11. The Hall–Kier alpha value is -1.97. The number of aryl methyl sites for hydroxylation is 2. The molecule has 0 spiro atoms. The minimum absolute atomic E-state index is 0.512. The average molecular weight is 217 g/mol. The van der Waals surface area contributed by atoms with Crippen LogP contribution in [-0.4, -0.2) is 9.78 Å². The van der Waals surface area contributed by atoms with Gasteiger partial charge in [-0.15, -0.1) is 0 Å². The van der Waals surface area contributed by atoms with E-state index in [1.54, 1.807) is 10.9 Å². The fourth-order valence-electron chi connectivity index (χ4n) is 1.48. The molecular weight excluding hydrogens is 202 g/mol. The number of rotatable bonds is 3. The van der Waals surface area contributed by atoms with Gasteiger partial charge in [-0.1, -0.05) is 6.07 Å². The molecule has 0 aliphatic heterocycles. The molecule has 0 saturated heterocycles. The predicted octanol–water partition coefficient (Wildman–Crippen LogP) is 1.89. The fourth-order valence-corrected chi connectivity index (χ4v) is 1.48. The zero-order chi connectivity index (χ0) is 11.5. The maximum atomic E-state index is 5.70. The zero-order valence-corrected chi connectivity index (χ0v) is 9.47. The molecule has 1 aromatic heterocycles. The monoisotopic (exact) mass is 217 g/mol. The predicted molar refractivity (Wildman–Crippen MR) is 63.1 cm³/mol. The zero-order valence-electron chi connectivity index (χ0n) is 9.47. The summed E-state index contributed by atoms with van der Waals surface area (Å²) in [6.45, 7) is 2.51. The molecule has 0 atom stereocenters. The Morgan fingerprint density at radius 3 is 2.94 bits per heavy atom. The molecule has 1 aromatic carbocycles. The Morgan fingerprint density at radius 1 is 1.44 bits per heavy atom. The van der Waals surface area contributed by atoms with Gasteiger partial charge in [-0.3, -0.25) is 4.68 Å². The fraction of sp³-hybridized carbons (Fsp3) is 0.250. The molecule has 2 rings (SSSR count). The van der Waals surface area contributed by atoms with Gasteiger partial charge >= 0.3 is 0 Å². The SMILES string of the molecule is Cc1ccc(N)cc1OCc1cnn(C)c1. The molecule has 0 fully saturated rings. The molecular formula is C12H15N3O. The molecule has 0 amide bonds. The van der Waals surface area contributed by atoms with Crippen molar-refractivity contribution >= 4 is 5.69 Å². The summed E-state index contributed by atoms with van der Waals surface area (Å²) in [7, 11) is 1.88. The van der Waals surface area contributed by atoms with Crippen molar-refractivity contribution < 1.29 is 4.74 Å². The third-order valence-electron chi connectivity index (χ3n) is 2.36. The van der Waals surface area contributed by atoms with Crippen LogP contribution in [0.4, 0.5) is 5.69 Å². The van der Waals surface area contributed by atoms with Crippen molar-refractivity contribution in [2.24, 2.45) is 7.05 Å². The number of benzene rings is 1. The second-order valence-corrected chi connectivity index (χ2v) is 3.84. The van der Waals surface area contributed by atoms with Crippen molar-refractivity contribution in [3.63, 3.8) is 0 Å². The lowest BCUT2D eigenvalue weighted by atomic mass is 10.2. The van der Waals surface area contributed by atoms with Crippen molar-refractivity contribution in [2.75, 3.05) is 5.73 Å². The Kier molecular flexibility index (Phi) is 2.81. The standard InChI is InChI=1S/C12H15N3O/c1-9-3-4-11(13)5-12(9)16-8-10-6-14-15(2)7-10/h3-7H,8,13H2,1-2H3. The van der Waals surface area contributed by atoms with Gasteiger partial charge in [0.15, 0.2) is 0 Å². The molecule has 0 aliphatic carbocycles. The lowest BCUT2D eigenvalue weighted by Gasteiger charge is -2.08. The van der Waals surface area contributed by atoms with Gasteiger partial charge < -0.3 is 10.5 Å². The Bertz CT molecular complexity index is 491. The number of anilines is 1. The second kappa shape index (κ2) is 4.26. The summed E-state index contributed by atoms with van der Waals surface area (Å²) in [5, 5.41) is 4.08. The van der Waals surface area contributed by atoms with E-state index in [-0.39, 0.29) is 0 Å². The first-order valence-corrected chi connectivity index (χ1v) is 5.11. The van der Waals surface area contributed by atoms with E-state index in [2.05, 4.69) is 5.10 Å². The molecule has 0 radical (unpaired) electrons. The van der Waals surface area contributed by atoms with E-state index in [9.17, 15) is 0 Å². The molecule has 2 aromatic rings. The normalized spacial score (nSPS) is 10.4. The van der Waals surface area contributed by atoms with E-state index >= 15 is 0 Å². The highest BCUT2D eigenvalue weighted by Crippen LogP contribution is 2.21. The highest BCUT2D eigenvalue weighted by Gasteiger charge is 2.02. The van der Waals surface area contributed by atoms with E-state index in [0.717, 1.165) is 16.9 Å². The molecule has 0 saturated carbocycles. The molecule has 84 valence electrons. The maximum Gasteiger partial charge on any atom is 0.124 e. The van der Waals surface area contributed by atoms with Gasteiger partial charge in [-0.2, -0.15) is 5.10 Å². The Balaban J connectivity index is 2.07. The van der Waals surface area contributed by atoms with Crippen molar-refractivity contribution in [3.8, 4) is 5.75 Å². The number of hydrogen-bond donors (Lipinski definition) is 1. The van der Waals surface area contributed by atoms with Gasteiger partial charge in [0.1, 0.15) is 12.4 Å². The van der Waals surface area contributed by atoms with E-state index in [0.29, 0.717) is 12.3 Å². The summed E-state index contributed by atoms with van der Waals surface area (Å²) in [5.74, 6) is 0.823. The van der Waals surface area contributed by atoms with Gasteiger partial charge in [0, 0.05) is 30.6 Å². The molecule has 4 heteroatoms. The number of ether oxygens (including phenoxy) is 1. The van der Waals surface area contributed by atoms with Crippen LogP contribution in [0.1, 0.15) is 11.1 Å². The first kappa shape index (κ1) is 10.5. The van der Waals surface area contributed by atoms with Crippen LogP contribution in [-0.2, 0) is 13.7 Å². The number of nitrogens with two attached hydrogens (primary N) is 1. The smallest absolute Gasteiger partial charge is 0.124 e. The third kappa shape index (κ3) is 2.34. The van der Waals surface area contributed by atoms with Gasteiger partial charge in [-0.25, -0.2) is 0 Å². The lowest BCUT2D eigenvalue weighted by Crippen LogP contribution is -1.97. The van der Waals surface area contributed by atoms with Crippen LogP contribution in [0.15, 0.2) is 30.6 Å². The highest BCUT2D eigenvalue weighted by molar-refractivity contribution is 5.47. The van der Waals surface area contributed by atoms with Crippen molar-refractivity contribution in [3.05, 3.63) is 41.7 Å². The van der Waals surface area contributed by atoms with Gasteiger partial charge in [-0.05, 0) is 18.6 Å². The second-order valence-electron chi connectivity index (χ2n) is 3.84. The molecule has 0 bridgehead atoms. The minimum atomic E-state index is 0.512. The van der Waals surface area contributed by atoms with Gasteiger partial charge in [0.2, 0.25) is 0 Å². The van der Waals surface area contributed by atoms with E-state index in [4.69, 9.17) is 10.5 Å². The largest absolute Gasteiger partial charge is 0.488 e. The molecule has 16 heavy (non-hydrogen) atoms. The summed E-state index contributed by atoms with van der Waals surface area (Å²) >= 11 is 0. The highest BCUT2D eigenvalue weighted by atomic mass is 16.5. The molecule has 2 N–H and O–H groups in total. The lowest BCUT2D eigenvalue weighted by molar-refractivity contribution is 0.304. The number of hydrogen-bond acceptors (Lipinski definition) is 3. The summed E-state index contributed by atoms with van der Waals surface area (Å²) < 4.78 is 7.44. The molecule has 0 unspecified atom stereocenters. The number of aromatic nitrogens is 2. The first-order chi connectivity index (χ1) is 7.65. The van der Waals surface area contributed by atoms with E-state index in [1.165, 1.54) is 0 Å². The summed E-state index contributed by atoms with van der Waals surface area (Å²) in [4.78, 5) is 0. The van der Waals surface area contributed by atoms with Crippen LogP contribution < -0.4 is 10.5 Å². The average Bonchev–Trinajstić information content (AvgIpc) is 2.66. The van der Waals surface area contributed by atoms with Crippen LogP contribution in [0.25, 0.3) is 0 Å². The topological polar surface area (TPSA) is 53.1 Å². The summed E-state index contributed by atoms with van der Waals surface area (Å²) in [6.07, 6.45) is 3.73. The van der Waals surface area contributed by atoms with Crippen LogP contribution in [0.2, 0.25) is 0 Å². The van der Waals surface area contributed by atoms with Gasteiger partial charge in [0.05, 0.1) is 6.20 Å². The van der Waals surface area contributed by atoms with Crippen LogP contribution in [0.5, 0.6) is 5.75 Å². The molecule has 4 nitrogen and oxygen atoms in total. The van der Waals surface area contributed by atoms with Crippen molar-refractivity contribution in [1.82, 2.24) is 9.78 Å². The quantitative estimate of drug-likeness (QED) is 0.799. The van der Waals surface area contributed by atoms with Crippen molar-refractivity contribution in [1.29, 1.82) is 0 Å². The van der Waals surface area contributed by atoms with Crippen LogP contribution in [0.3, 0.4) is 0 Å². The van der Waals surface area contributed by atoms with Crippen LogP contribution in [0, 0.1) is 6.92 Å². The van der Waals surface area contributed by atoms with E-state index in [1.807, 2.05) is 38.4 Å². The van der Waals surface area contributed by atoms with Crippen molar-refractivity contribution in [2.45, 2.75) is 13.5 Å². The van der Waals surface area contributed by atoms with Crippen LogP contribution >= 0.6 is 0 Å². The number of nitrogens with zero attached hydrogens (tertiary/aromatic N) is 2. The minimum Gasteiger partial charge on any atom is -0.488 e. The number of nitrogen functional groups attached to an aromatic ring is 1. The Morgan fingerprint density at radius 2 is 2.25 bits per heavy atom. The maximum absolute atomic E-state index is 5.70. The summed E-state index contributed by atoms with van der Waals surface area (Å²) in [5.41, 5.74) is 8.55. The third-order valence-corrected chi connectivity index (χ3v) is 2.36. The van der Waals surface area contributed by atoms with E-state index < -0.39 is 0 Å².